The molecule has 2 N–H and O–H groups in total. The molecule has 0 spiro atoms. The van der Waals surface area contributed by atoms with E-state index in [0.29, 0.717) is 0 Å². The van der Waals surface area contributed by atoms with E-state index >= 15 is 0 Å². The van der Waals surface area contributed by atoms with Gasteiger partial charge in [-0.2, -0.15) is 0 Å². The van der Waals surface area contributed by atoms with Crippen molar-refractivity contribution < 1.29 is 4.79 Å². The highest BCUT2D eigenvalue weighted by molar-refractivity contribution is 5.96. The van der Waals surface area contributed by atoms with Crippen molar-refractivity contribution in [2.75, 3.05) is 13.1 Å². The lowest BCUT2D eigenvalue weighted by Crippen LogP contribution is -2.45. The molecule has 1 atom stereocenters. The molecule has 7 heteroatoms. The van der Waals surface area contributed by atoms with Gasteiger partial charge in [-0.15, -0.1) is 24.8 Å². The standard InChI is InChI=1S/C17H22N4O.2ClH/c1-12-10-15(17(22)20-14-6-5-8-18-11-14)13(2)21(12)16-7-3-4-9-19-16;;/h3-4,7,9-10,14,18H,5-6,8,11H2,1-2H3,(H,20,22);2*1H. The Bertz CT molecular complexity index is 667. The van der Waals surface area contributed by atoms with Crippen LogP contribution in [-0.2, 0) is 0 Å². The number of aryl methyl sites for hydroxylation is 1. The van der Waals surface area contributed by atoms with Crippen LogP contribution in [0.25, 0.3) is 5.82 Å². The largest absolute Gasteiger partial charge is 0.348 e. The van der Waals surface area contributed by atoms with Gasteiger partial charge in [0.05, 0.1) is 5.56 Å². The fourth-order valence-corrected chi connectivity index (χ4v) is 3.07. The Balaban J connectivity index is 0.00000144. The van der Waals surface area contributed by atoms with Crippen molar-refractivity contribution in [1.29, 1.82) is 0 Å². The lowest BCUT2D eigenvalue weighted by molar-refractivity contribution is 0.0930. The van der Waals surface area contributed by atoms with E-state index < -0.39 is 0 Å². The molecular weight excluding hydrogens is 347 g/mol. The molecule has 1 fully saturated rings. The van der Waals surface area contributed by atoms with Gasteiger partial charge in [0, 0.05) is 30.2 Å². The number of nitrogens with one attached hydrogen (secondary N) is 2. The Morgan fingerprint density at radius 3 is 2.75 bits per heavy atom. The van der Waals surface area contributed by atoms with Gasteiger partial charge in [-0.25, -0.2) is 4.98 Å². The van der Waals surface area contributed by atoms with E-state index in [1.807, 2.05) is 42.7 Å². The number of hydrogen-bond donors (Lipinski definition) is 2. The smallest absolute Gasteiger partial charge is 0.253 e. The molecule has 24 heavy (non-hydrogen) atoms. The number of halogens is 2. The van der Waals surface area contributed by atoms with Gasteiger partial charge in [-0.1, -0.05) is 6.07 Å². The first kappa shape index (κ1) is 20.5. The molecule has 1 saturated heterocycles. The van der Waals surface area contributed by atoms with Gasteiger partial charge in [0.15, 0.2) is 0 Å². The molecule has 3 rings (SSSR count). The van der Waals surface area contributed by atoms with Crippen LogP contribution in [0.4, 0.5) is 0 Å². The lowest BCUT2D eigenvalue weighted by Gasteiger charge is -2.23. The zero-order valence-corrected chi connectivity index (χ0v) is 15.5. The summed E-state index contributed by atoms with van der Waals surface area (Å²) in [5.74, 6) is 0.847. The minimum atomic E-state index is 0. The molecule has 1 aliphatic heterocycles. The van der Waals surface area contributed by atoms with Crippen LogP contribution < -0.4 is 10.6 Å². The van der Waals surface area contributed by atoms with E-state index in [4.69, 9.17) is 0 Å². The van der Waals surface area contributed by atoms with E-state index in [1.165, 1.54) is 0 Å². The van der Waals surface area contributed by atoms with Crippen molar-refractivity contribution in [1.82, 2.24) is 20.2 Å². The summed E-state index contributed by atoms with van der Waals surface area (Å²) in [4.78, 5) is 16.9. The van der Waals surface area contributed by atoms with Gasteiger partial charge < -0.3 is 15.2 Å². The van der Waals surface area contributed by atoms with E-state index in [2.05, 4.69) is 15.6 Å². The Morgan fingerprint density at radius 1 is 1.33 bits per heavy atom. The summed E-state index contributed by atoms with van der Waals surface area (Å²) < 4.78 is 2.02. The van der Waals surface area contributed by atoms with Crippen molar-refractivity contribution in [3.63, 3.8) is 0 Å². The first-order chi connectivity index (χ1) is 10.7. The topological polar surface area (TPSA) is 59.0 Å². The average Bonchev–Trinajstić information content (AvgIpc) is 2.84. The Morgan fingerprint density at radius 2 is 2.12 bits per heavy atom. The summed E-state index contributed by atoms with van der Waals surface area (Å²) in [6.07, 6.45) is 3.91. The fraction of sp³-hybridized carbons (Fsp3) is 0.412. The number of hydrogen-bond acceptors (Lipinski definition) is 3. The number of aromatic nitrogens is 2. The van der Waals surface area contributed by atoms with Crippen LogP contribution in [0.1, 0.15) is 34.6 Å². The molecular formula is C17H24Cl2N4O. The molecule has 2 aromatic heterocycles. The van der Waals surface area contributed by atoms with E-state index in [-0.39, 0.29) is 36.8 Å². The summed E-state index contributed by atoms with van der Waals surface area (Å²) in [6.45, 7) is 5.86. The minimum absolute atomic E-state index is 0. The van der Waals surface area contributed by atoms with Gasteiger partial charge in [0.2, 0.25) is 0 Å². The van der Waals surface area contributed by atoms with Crippen LogP contribution >= 0.6 is 24.8 Å². The highest BCUT2D eigenvalue weighted by Gasteiger charge is 2.20. The first-order valence-corrected chi connectivity index (χ1v) is 7.79. The molecule has 0 bridgehead atoms. The van der Waals surface area contributed by atoms with Gasteiger partial charge in [-0.05, 0) is 51.4 Å². The van der Waals surface area contributed by atoms with Gasteiger partial charge >= 0.3 is 0 Å². The molecule has 0 aliphatic carbocycles. The monoisotopic (exact) mass is 370 g/mol. The highest BCUT2D eigenvalue weighted by Crippen LogP contribution is 2.19. The first-order valence-electron chi connectivity index (χ1n) is 7.79. The summed E-state index contributed by atoms with van der Waals surface area (Å²) >= 11 is 0. The zero-order valence-electron chi connectivity index (χ0n) is 13.9. The third kappa shape index (κ3) is 4.29. The molecule has 1 unspecified atom stereocenters. The van der Waals surface area contributed by atoms with Gasteiger partial charge in [0.1, 0.15) is 5.82 Å². The van der Waals surface area contributed by atoms with Gasteiger partial charge in [0.25, 0.3) is 5.91 Å². The van der Waals surface area contributed by atoms with Crippen molar-refractivity contribution >= 4 is 30.7 Å². The number of nitrogens with zero attached hydrogens (tertiary/aromatic N) is 2. The van der Waals surface area contributed by atoms with Crippen molar-refractivity contribution in [2.24, 2.45) is 0 Å². The molecule has 2 aromatic rings. The van der Waals surface area contributed by atoms with Crippen molar-refractivity contribution in [3.05, 3.63) is 47.4 Å². The predicted octanol–water partition coefficient (Wildman–Crippen LogP) is 2.81. The van der Waals surface area contributed by atoms with Crippen molar-refractivity contribution in [2.45, 2.75) is 32.7 Å². The second kappa shape index (κ2) is 9.06. The van der Waals surface area contributed by atoms with Crippen LogP contribution in [0.2, 0.25) is 0 Å². The van der Waals surface area contributed by atoms with Crippen LogP contribution in [0.3, 0.4) is 0 Å². The Hall–Kier alpha value is -1.56. The third-order valence-corrected chi connectivity index (χ3v) is 4.19. The average molecular weight is 371 g/mol. The second-order valence-corrected chi connectivity index (χ2v) is 5.82. The summed E-state index contributed by atoms with van der Waals surface area (Å²) in [7, 11) is 0. The van der Waals surface area contributed by atoms with Crippen LogP contribution in [0.15, 0.2) is 30.5 Å². The number of piperidine rings is 1. The fourth-order valence-electron chi connectivity index (χ4n) is 3.07. The van der Waals surface area contributed by atoms with Gasteiger partial charge in [-0.3, -0.25) is 4.79 Å². The minimum Gasteiger partial charge on any atom is -0.348 e. The maximum absolute atomic E-state index is 12.6. The molecule has 3 heterocycles. The molecule has 132 valence electrons. The van der Waals surface area contributed by atoms with E-state index in [1.54, 1.807) is 6.20 Å². The molecule has 0 saturated carbocycles. The van der Waals surface area contributed by atoms with Crippen LogP contribution in [0, 0.1) is 13.8 Å². The highest BCUT2D eigenvalue weighted by atomic mass is 35.5. The number of rotatable bonds is 3. The maximum Gasteiger partial charge on any atom is 0.253 e. The predicted molar refractivity (Wildman–Crippen MR) is 101 cm³/mol. The second-order valence-electron chi connectivity index (χ2n) is 5.82. The molecule has 5 nitrogen and oxygen atoms in total. The Labute approximate surface area is 155 Å². The molecule has 0 radical (unpaired) electrons. The summed E-state index contributed by atoms with van der Waals surface area (Å²) in [6, 6.07) is 7.96. The molecule has 1 aliphatic rings. The van der Waals surface area contributed by atoms with E-state index in [9.17, 15) is 4.79 Å². The summed E-state index contributed by atoms with van der Waals surface area (Å²) in [5.41, 5.74) is 2.68. The van der Waals surface area contributed by atoms with Crippen LogP contribution in [0.5, 0.6) is 0 Å². The SMILES string of the molecule is Cc1cc(C(=O)NC2CCCNC2)c(C)n1-c1ccccn1.Cl.Cl. The number of carbonyl (C=O) groups excluding carboxylic acids is 1. The quantitative estimate of drug-likeness (QED) is 0.872. The Kier molecular flexibility index (Phi) is 7.73. The van der Waals surface area contributed by atoms with Crippen molar-refractivity contribution in [3.8, 4) is 5.82 Å². The number of carbonyl (C=O) groups is 1. The normalized spacial score (nSPS) is 16.7. The van der Waals surface area contributed by atoms with Crippen LogP contribution in [-0.4, -0.2) is 34.6 Å². The summed E-state index contributed by atoms with van der Waals surface area (Å²) in [5, 5.41) is 6.45. The molecule has 0 aromatic carbocycles. The zero-order chi connectivity index (χ0) is 15.5. The third-order valence-electron chi connectivity index (χ3n) is 4.19. The lowest BCUT2D eigenvalue weighted by atomic mass is 10.1. The van der Waals surface area contributed by atoms with E-state index in [0.717, 1.165) is 48.7 Å². The molecule has 1 amide bonds. The number of amides is 1. The number of pyridine rings is 1. The maximum atomic E-state index is 12.6.